The van der Waals surface area contributed by atoms with Gasteiger partial charge in [0, 0.05) is 31.7 Å². The summed E-state index contributed by atoms with van der Waals surface area (Å²) in [6.07, 6.45) is 5.17. The molecule has 2 heterocycles. The summed E-state index contributed by atoms with van der Waals surface area (Å²) in [6.45, 7) is 7.51. The predicted octanol–water partition coefficient (Wildman–Crippen LogP) is 4.73. The molecule has 2 aliphatic rings. The zero-order chi connectivity index (χ0) is 20.4. The molecule has 4 rings (SSSR count). The number of hydrogen-bond donors (Lipinski definition) is 0. The van der Waals surface area contributed by atoms with Crippen LogP contribution >= 0.6 is 0 Å². The lowest BCUT2D eigenvalue weighted by Gasteiger charge is -2.42. The lowest BCUT2D eigenvalue weighted by atomic mass is 9.79. The van der Waals surface area contributed by atoms with Gasteiger partial charge in [0.1, 0.15) is 0 Å². The van der Waals surface area contributed by atoms with Crippen molar-refractivity contribution in [2.24, 2.45) is 11.3 Å². The molecule has 0 bridgehead atoms. The summed E-state index contributed by atoms with van der Waals surface area (Å²) in [5.41, 5.74) is 0.980. The van der Waals surface area contributed by atoms with Gasteiger partial charge in [0.05, 0.1) is 5.92 Å². The van der Waals surface area contributed by atoms with Crippen molar-refractivity contribution in [1.82, 2.24) is 9.80 Å². The molecule has 2 atom stereocenters. The van der Waals surface area contributed by atoms with Crippen molar-refractivity contribution in [2.75, 3.05) is 26.2 Å². The van der Waals surface area contributed by atoms with E-state index in [0.29, 0.717) is 6.54 Å². The number of carbonyl (C=O) groups excluding carboxylic acids is 2. The van der Waals surface area contributed by atoms with Gasteiger partial charge in [-0.1, -0.05) is 50.2 Å². The maximum atomic E-state index is 13.3. The fourth-order valence-corrected chi connectivity index (χ4v) is 5.00. The van der Waals surface area contributed by atoms with E-state index in [1.807, 2.05) is 47.4 Å². The highest BCUT2D eigenvalue weighted by molar-refractivity contribution is 6.07. The van der Waals surface area contributed by atoms with Gasteiger partial charge in [-0.15, -0.1) is 0 Å². The number of fused-ring (bicyclic) bond motifs is 1. The molecule has 0 saturated carbocycles. The zero-order valence-electron chi connectivity index (χ0n) is 17.7. The van der Waals surface area contributed by atoms with E-state index in [2.05, 4.69) is 18.7 Å². The lowest BCUT2D eigenvalue weighted by Crippen LogP contribution is -2.51. The average Bonchev–Trinajstić information content (AvgIpc) is 2.78. The largest absolute Gasteiger partial charge is 0.342 e. The molecular weight excluding hydrogens is 360 g/mol. The Bertz CT molecular complexity index is 903. The van der Waals surface area contributed by atoms with Crippen LogP contribution in [0.15, 0.2) is 42.5 Å². The molecule has 0 aromatic heterocycles. The van der Waals surface area contributed by atoms with Crippen LogP contribution in [0.5, 0.6) is 0 Å². The van der Waals surface area contributed by atoms with E-state index in [-0.39, 0.29) is 23.1 Å². The van der Waals surface area contributed by atoms with E-state index < -0.39 is 0 Å². The number of piperidine rings is 2. The first-order valence-corrected chi connectivity index (χ1v) is 11.1. The van der Waals surface area contributed by atoms with Gasteiger partial charge in [0.25, 0.3) is 5.91 Å². The fourth-order valence-electron chi connectivity index (χ4n) is 5.00. The molecule has 29 heavy (non-hydrogen) atoms. The molecule has 4 nitrogen and oxygen atoms in total. The maximum Gasteiger partial charge on any atom is 0.254 e. The first kappa shape index (κ1) is 19.9. The minimum Gasteiger partial charge on any atom is -0.342 e. The van der Waals surface area contributed by atoms with Gasteiger partial charge in [-0.25, -0.2) is 0 Å². The van der Waals surface area contributed by atoms with Gasteiger partial charge in [-0.3, -0.25) is 9.59 Å². The van der Waals surface area contributed by atoms with Crippen LogP contribution in [0.2, 0.25) is 0 Å². The minimum absolute atomic E-state index is 0.0522. The van der Waals surface area contributed by atoms with Gasteiger partial charge < -0.3 is 9.80 Å². The summed E-state index contributed by atoms with van der Waals surface area (Å²) < 4.78 is 0. The van der Waals surface area contributed by atoms with Gasteiger partial charge in [0.15, 0.2) is 0 Å². The summed E-state index contributed by atoms with van der Waals surface area (Å²) in [4.78, 5) is 30.5. The summed E-state index contributed by atoms with van der Waals surface area (Å²) in [6, 6.07) is 13.9. The van der Waals surface area contributed by atoms with Crippen molar-refractivity contribution in [3.8, 4) is 0 Å². The average molecular weight is 393 g/mol. The van der Waals surface area contributed by atoms with Crippen LogP contribution in [0.3, 0.4) is 0 Å². The Morgan fingerprint density at radius 1 is 1.03 bits per heavy atom. The van der Waals surface area contributed by atoms with Crippen molar-refractivity contribution in [3.63, 3.8) is 0 Å². The van der Waals surface area contributed by atoms with E-state index in [1.165, 1.54) is 6.42 Å². The zero-order valence-corrected chi connectivity index (χ0v) is 17.7. The molecule has 0 aliphatic carbocycles. The number of hydrogen-bond acceptors (Lipinski definition) is 2. The summed E-state index contributed by atoms with van der Waals surface area (Å²) in [7, 11) is 0. The third-order valence-corrected chi connectivity index (χ3v) is 7.02. The van der Waals surface area contributed by atoms with Crippen LogP contribution in [-0.4, -0.2) is 47.8 Å². The Hall–Kier alpha value is -2.36. The molecular formula is C25H32N2O2. The molecule has 0 spiro atoms. The highest BCUT2D eigenvalue weighted by Crippen LogP contribution is 2.34. The Labute approximate surface area is 173 Å². The molecule has 2 aromatic rings. The molecule has 0 unspecified atom stereocenters. The van der Waals surface area contributed by atoms with Gasteiger partial charge >= 0.3 is 0 Å². The molecule has 2 amide bonds. The third kappa shape index (κ3) is 4.03. The fraction of sp³-hybridized carbons (Fsp3) is 0.520. The second kappa shape index (κ2) is 8.17. The number of rotatable bonds is 3. The minimum atomic E-state index is -0.0677. The SMILES string of the molecule is CC[C@@]1(C)CCCN(C(=O)[C@@H]2CCCN(C(=O)c3cccc4ccccc34)C2)C1. The highest BCUT2D eigenvalue weighted by atomic mass is 16.2. The quantitative estimate of drug-likeness (QED) is 0.758. The molecule has 2 saturated heterocycles. The number of benzene rings is 2. The maximum absolute atomic E-state index is 13.3. The van der Waals surface area contributed by atoms with Crippen LogP contribution in [-0.2, 0) is 4.79 Å². The Balaban J connectivity index is 1.49. The number of likely N-dealkylation sites (tertiary alicyclic amines) is 2. The molecule has 0 radical (unpaired) electrons. The van der Waals surface area contributed by atoms with E-state index in [9.17, 15) is 9.59 Å². The van der Waals surface area contributed by atoms with Crippen molar-refractivity contribution >= 4 is 22.6 Å². The van der Waals surface area contributed by atoms with E-state index in [1.54, 1.807) is 0 Å². The van der Waals surface area contributed by atoms with E-state index in [0.717, 1.165) is 61.7 Å². The van der Waals surface area contributed by atoms with E-state index >= 15 is 0 Å². The van der Waals surface area contributed by atoms with Crippen LogP contribution in [0, 0.1) is 11.3 Å². The van der Waals surface area contributed by atoms with Crippen molar-refractivity contribution in [2.45, 2.75) is 46.0 Å². The first-order valence-electron chi connectivity index (χ1n) is 11.1. The second-order valence-electron chi connectivity index (χ2n) is 9.14. The molecule has 4 heteroatoms. The molecule has 2 aliphatic heterocycles. The topological polar surface area (TPSA) is 40.6 Å². The Morgan fingerprint density at radius 3 is 2.62 bits per heavy atom. The van der Waals surface area contributed by atoms with Gasteiger partial charge in [-0.2, -0.15) is 0 Å². The monoisotopic (exact) mass is 392 g/mol. The highest BCUT2D eigenvalue weighted by Gasteiger charge is 2.36. The molecule has 2 fully saturated rings. The summed E-state index contributed by atoms with van der Waals surface area (Å²) in [5.74, 6) is 0.234. The van der Waals surface area contributed by atoms with Crippen LogP contribution in [0.25, 0.3) is 10.8 Å². The third-order valence-electron chi connectivity index (χ3n) is 7.02. The van der Waals surface area contributed by atoms with Crippen LogP contribution in [0.4, 0.5) is 0 Å². The van der Waals surface area contributed by atoms with Crippen LogP contribution in [0.1, 0.15) is 56.3 Å². The Morgan fingerprint density at radius 2 is 1.79 bits per heavy atom. The predicted molar refractivity (Wildman–Crippen MR) is 117 cm³/mol. The first-order chi connectivity index (χ1) is 14.0. The number of amides is 2. The number of carbonyl (C=O) groups is 2. The van der Waals surface area contributed by atoms with Gasteiger partial charge in [-0.05, 0) is 54.4 Å². The normalized spacial score (nSPS) is 25.2. The Kier molecular flexibility index (Phi) is 5.62. The number of nitrogens with zero attached hydrogens (tertiary/aromatic N) is 2. The summed E-state index contributed by atoms with van der Waals surface area (Å²) >= 11 is 0. The van der Waals surface area contributed by atoms with Gasteiger partial charge in [0.2, 0.25) is 5.91 Å². The van der Waals surface area contributed by atoms with Crippen molar-refractivity contribution in [3.05, 3.63) is 48.0 Å². The second-order valence-corrected chi connectivity index (χ2v) is 9.14. The lowest BCUT2D eigenvalue weighted by molar-refractivity contribution is -0.140. The molecule has 0 N–H and O–H groups in total. The summed E-state index contributed by atoms with van der Waals surface area (Å²) in [5, 5.41) is 2.07. The smallest absolute Gasteiger partial charge is 0.254 e. The van der Waals surface area contributed by atoms with E-state index in [4.69, 9.17) is 0 Å². The molecule has 154 valence electrons. The molecule has 2 aromatic carbocycles. The standard InChI is InChI=1S/C25H32N2O2/c1-3-25(2)14-8-16-27(18-25)23(28)20-11-7-15-26(17-20)24(29)22-13-6-10-19-9-4-5-12-21(19)22/h4-6,9-10,12-13,20H,3,7-8,11,14-18H2,1-2H3/t20-,25+/m1/s1. The van der Waals surface area contributed by atoms with Crippen molar-refractivity contribution < 1.29 is 9.59 Å². The van der Waals surface area contributed by atoms with Crippen LogP contribution < -0.4 is 0 Å². The van der Waals surface area contributed by atoms with Crippen molar-refractivity contribution in [1.29, 1.82) is 0 Å².